The van der Waals surface area contributed by atoms with E-state index in [2.05, 4.69) is 10.1 Å². The van der Waals surface area contributed by atoms with Crippen molar-refractivity contribution in [2.24, 2.45) is 5.73 Å². The highest BCUT2D eigenvalue weighted by Gasteiger charge is 2.12. The van der Waals surface area contributed by atoms with Crippen LogP contribution in [-0.4, -0.2) is 44.7 Å². The number of hydrogen-bond donors (Lipinski definition) is 1. The molecule has 98 valence electrons. The molecule has 0 spiro atoms. The van der Waals surface area contributed by atoms with E-state index >= 15 is 0 Å². The zero-order valence-corrected chi connectivity index (χ0v) is 11.4. The first kappa shape index (κ1) is 13.2. The van der Waals surface area contributed by atoms with E-state index in [1.807, 2.05) is 0 Å². The molecule has 0 aromatic carbocycles. The number of amides is 1. The lowest BCUT2D eigenvalue weighted by Crippen LogP contribution is -2.22. The molecule has 0 saturated heterocycles. The molecule has 2 aromatic heterocycles. The van der Waals surface area contributed by atoms with Crippen LogP contribution in [0.5, 0.6) is 0 Å². The second kappa shape index (κ2) is 5.15. The molecule has 0 bridgehead atoms. The zero-order valence-electron chi connectivity index (χ0n) is 10.6. The van der Waals surface area contributed by atoms with E-state index in [-0.39, 0.29) is 10.9 Å². The number of carbonyl (C=O) groups is 1. The number of rotatable bonds is 3. The molecule has 0 fully saturated rings. The van der Waals surface area contributed by atoms with E-state index in [9.17, 15) is 4.79 Å². The highest BCUT2D eigenvalue weighted by molar-refractivity contribution is 7.80. The Morgan fingerprint density at radius 2 is 2.05 bits per heavy atom. The summed E-state index contributed by atoms with van der Waals surface area (Å²) in [6, 6.07) is 5.16. The van der Waals surface area contributed by atoms with Crippen molar-refractivity contribution in [3.63, 3.8) is 0 Å². The van der Waals surface area contributed by atoms with Gasteiger partial charge >= 0.3 is 0 Å². The smallest absolute Gasteiger partial charge is 0.273 e. The minimum Gasteiger partial charge on any atom is -0.388 e. The van der Waals surface area contributed by atoms with Crippen LogP contribution in [0.15, 0.2) is 30.6 Å². The SMILES string of the molecule is CN(C)C(=O)c1ccn(-c2ccc(C(N)=S)nc2)n1. The highest BCUT2D eigenvalue weighted by Crippen LogP contribution is 2.08. The van der Waals surface area contributed by atoms with Crippen molar-refractivity contribution < 1.29 is 4.79 Å². The Bertz CT molecular complexity index is 617. The van der Waals surface area contributed by atoms with Gasteiger partial charge in [-0.2, -0.15) is 5.10 Å². The molecule has 2 rings (SSSR count). The Morgan fingerprint density at radius 1 is 1.32 bits per heavy atom. The van der Waals surface area contributed by atoms with Crippen molar-refractivity contribution in [2.75, 3.05) is 14.1 Å². The van der Waals surface area contributed by atoms with Gasteiger partial charge in [0, 0.05) is 20.3 Å². The fraction of sp³-hybridized carbons (Fsp3) is 0.167. The molecule has 0 saturated carbocycles. The normalized spacial score (nSPS) is 10.2. The molecule has 0 unspecified atom stereocenters. The summed E-state index contributed by atoms with van der Waals surface area (Å²) in [5.41, 5.74) is 7.14. The van der Waals surface area contributed by atoms with Gasteiger partial charge in [0.2, 0.25) is 0 Å². The van der Waals surface area contributed by atoms with Crippen molar-refractivity contribution in [2.45, 2.75) is 0 Å². The van der Waals surface area contributed by atoms with Crippen LogP contribution < -0.4 is 5.73 Å². The average Bonchev–Trinajstić information content (AvgIpc) is 2.87. The third kappa shape index (κ3) is 2.76. The maximum absolute atomic E-state index is 11.7. The van der Waals surface area contributed by atoms with E-state index in [4.69, 9.17) is 18.0 Å². The minimum atomic E-state index is -0.147. The van der Waals surface area contributed by atoms with Gasteiger partial charge in [0.25, 0.3) is 5.91 Å². The second-order valence-electron chi connectivity index (χ2n) is 4.11. The number of carbonyl (C=O) groups excluding carboxylic acids is 1. The number of pyridine rings is 1. The first-order valence-corrected chi connectivity index (χ1v) is 5.93. The Morgan fingerprint density at radius 3 is 2.58 bits per heavy atom. The van der Waals surface area contributed by atoms with Gasteiger partial charge in [-0.25, -0.2) is 4.68 Å². The summed E-state index contributed by atoms with van der Waals surface area (Å²) < 4.78 is 1.58. The monoisotopic (exact) mass is 275 g/mol. The maximum Gasteiger partial charge on any atom is 0.273 e. The molecule has 0 radical (unpaired) electrons. The van der Waals surface area contributed by atoms with Crippen LogP contribution in [0.4, 0.5) is 0 Å². The maximum atomic E-state index is 11.7. The standard InChI is InChI=1S/C12H13N5OS/c1-16(2)12(18)10-5-6-17(15-10)8-3-4-9(11(13)19)14-7-8/h3-7H,1-2H3,(H2,13,19). The van der Waals surface area contributed by atoms with Gasteiger partial charge in [-0.15, -0.1) is 0 Å². The Labute approximate surface area is 115 Å². The van der Waals surface area contributed by atoms with Gasteiger partial charge in [-0.3, -0.25) is 9.78 Å². The van der Waals surface area contributed by atoms with Crippen LogP contribution >= 0.6 is 12.2 Å². The molecular weight excluding hydrogens is 262 g/mol. The third-order valence-corrected chi connectivity index (χ3v) is 2.69. The van der Waals surface area contributed by atoms with Gasteiger partial charge in [-0.05, 0) is 18.2 Å². The van der Waals surface area contributed by atoms with Crippen molar-refractivity contribution in [1.29, 1.82) is 0 Å². The fourth-order valence-electron chi connectivity index (χ4n) is 1.48. The largest absolute Gasteiger partial charge is 0.388 e. The topological polar surface area (TPSA) is 77.0 Å². The van der Waals surface area contributed by atoms with E-state index in [0.717, 1.165) is 5.69 Å². The fourth-order valence-corrected chi connectivity index (χ4v) is 1.60. The Hall–Kier alpha value is -2.28. The predicted molar refractivity (Wildman–Crippen MR) is 75.3 cm³/mol. The van der Waals surface area contributed by atoms with Crippen LogP contribution in [0.2, 0.25) is 0 Å². The minimum absolute atomic E-state index is 0.147. The van der Waals surface area contributed by atoms with Crippen LogP contribution in [0, 0.1) is 0 Å². The number of hydrogen-bond acceptors (Lipinski definition) is 4. The zero-order chi connectivity index (χ0) is 14.0. The van der Waals surface area contributed by atoms with E-state index in [1.165, 1.54) is 4.90 Å². The number of nitrogens with zero attached hydrogens (tertiary/aromatic N) is 4. The van der Waals surface area contributed by atoms with Gasteiger partial charge in [0.15, 0.2) is 5.69 Å². The molecule has 0 atom stereocenters. The Kier molecular flexibility index (Phi) is 3.57. The summed E-state index contributed by atoms with van der Waals surface area (Å²) in [6.07, 6.45) is 3.31. The molecule has 7 heteroatoms. The summed E-state index contributed by atoms with van der Waals surface area (Å²) in [6.45, 7) is 0. The molecule has 0 aliphatic rings. The first-order valence-electron chi connectivity index (χ1n) is 5.52. The molecule has 2 aromatic rings. The number of thiocarbonyl (C=S) groups is 1. The van der Waals surface area contributed by atoms with Crippen molar-refractivity contribution in [3.8, 4) is 5.69 Å². The lowest BCUT2D eigenvalue weighted by Gasteiger charge is -2.07. The van der Waals surface area contributed by atoms with Crippen LogP contribution in [0.25, 0.3) is 5.69 Å². The molecule has 19 heavy (non-hydrogen) atoms. The Balaban J connectivity index is 2.28. The lowest BCUT2D eigenvalue weighted by atomic mass is 10.3. The third-order valence-electron chi connectivity index (χ3n) is 2.48. The van der Waals surface area contributed by atoms with E-state index < -0.39 is 0 Å². The van der Waals surface area contributed by atoms with Gasteiger partial charge in [-0.1, -0.05) is 12.2 Å². The van der Waals surface area contributed by atoms with Gasteiger partial charge in [0.05, 0.1) is 17.6 Å². The first-order chi connectivity index (χ1) is 8.99. The number of aromatic nitrogens is 3. The van der Waals surface area contributed by atoms with Crippen molar-refractivity contribution in [3.05, 3.63) is 42.0 Å². The lowest BCUT2D eigenvalue weighted by molar-refractivity contribution is 0.0821. The molecule has 0 aliphatic heterocycles. The summed E-state index contributed by atoms with van der Waals surface area (Å²) in [5.74, 6) is -0.147. The molecule has 1 amide bonds. The molecule has 6 nitrogen and oxygen atoms in total. The van der Waals surface area contributed by atoms with Crippen LogP contribution in [0.1, 0.15) is 16.2 Å². The summed E-state index contributed by atoms with van der Waals surface area (Å²) in [5, 5.41) is 4.20. The average molecular weight is 275 g/mol. The van der Waals surface area contributed by atoms with E-state index in [1.54, 1.807) is 49.4 Å². The van der Waals surface area contributed by atoms with Gasteiger partial charge in [0.1, 0.15) is 4.99 Å². The quantitative estimate of drug-likeness (QED) is 0.830. The van der Waals surface area contributed by atoms with Crippen LogP contribution in [0.3, 0.4) is 0 Å². The summed E-state index contributed by atoms with van der Waals surface area (Å²) >= 11 is 4.83. The number of nitrogens with two attached hydrogens (primary N) is 1. The van der Waals surface area contributed by atoms with Crippen LogP contribution in [-0.2, 0) is 0 Å². The van der Waals surface area contributed by atoms with Crippen molar-refractivity contribution in [1.82, 2.24) is 19.7 Å². The predicted octanol–water partition coefficient (Wildman–Crippen LogP) is 0.603. The molecular formula is C12H13N5OS. The highest BCUT2D eigenvalue weighted by atomic mass is 32.1. The second-order valence-corrected chi connectivity index (χ2v) is 4.55. The van der Waals surface area contributed by atoms with Gasteiger partial charge < -0.3 is 10.6 Å². The summed E-state index contributed by atoms with van der Waals surface area (Å²) in [7, 11) is 3.36. The molecule has 2 N–H and O–H groups in total. The summed E-state index contributed by atoms with van der Waals surface area (Å²) in [4.78, 5) is 17.6. The molecule has 2 heterocycles. The van der Waals surface area contributed by atoms with Crippen molar-refractivity contribution >= 4 is 23.1 Å². The molecule has 0 aliphatic carbocycles. The van der Waals surface area contributed by atoms with E-state index in [0.29, 0.717) is 11.4 Å².